The van der Waals surface area contributed by atoms with Crippen LogP contribution in [0.5, 0.6) is 0 Å². The number of rotatable bonds is 3. The molecule has 7 heteroatoms. The molecule has 0 aromatic heterocycles. The van der Waals surface area contributed by atoms with Crippen molar-refractivity contribution in [2.45, 2.75) is 6.92 Å². The van der Waals surface area contributed by atoms with Gasteiger partial charge in [-0.25, -0.2) is 0 Å². The van der Waals surface area contributed by atoms with Crippen molar-refractivity contribution in [2.24, 2.45) is 15.2 Å². The molecule has 0 bridgehead atoms. The Morgan fingerprint density at radius 1 is 1.40 bits per heavy atom. The molecule has 1 heterocycles. The van der Waals surface area contributed by atoms with E-state index in [2.05, 4.69) is 27.1 Å². The van der Waals surface area contributed by atoms with Crippen LogP contribution in [0.1, 0.15) is 5.56 Å². The Balaban J connectivity index is 1.87. The zero-order valence-corrected chi connectivity index (χ0v) is 11.6. The standard InChI is InChI=1S/C13H12N4O2S/c1-8-4-3-5-10(6-8)14-11(18)7-20-13-15-12(19)9(2)16-17-13/h3-6H,2,7H2,1H3,(H,14,18). The molecule has 1 aliphatic rings. The highest BCUT2D eigenvalue weighted by Crippen LogP contribution is 2.15. The van der Waals surface area contributed by atoms with Gasteiger partial charge in [-0.15, -0.1) is 10.2 Å². The van der Waals surface area contributed by atoms with Gasteiger partial charge in [0.05, 0.1) is 5.75 Å². The summed E-state index contributed by atoms with van der Waals surface area (Å²) in [7, 11) is 0. The average molecular weight is 288 g/mol. The van der Waals surface area contributed by atoms with Gasteiger partial charge in [0.15, 0.2) is 0 Å². The molecule has 2 rings (SSSR count). The fraction of sp³-hybridized carbons (Fsp3) is 0.154. The highest BCUT2D eigenvalue weighted by Gasteiger charge is 2.14. The lowest BCUT2D eigenvalue weighted by Crippen LogP contribution is -2.16. The van der Waals surface area contributed by atoms with Crippen LogP contribution in [0.2, 0.25) is 0 Å². The summed E-state index contributed by atoms with van der Waals surface area (Å²) in [5, 5.41) is 10.2. The molecule has 2 amide bonds. The second kappa shape index (κ2) is 6.25. The molecular formula is C13H12N4O2S. The molecule has 0 saturated carbocycles. The Morgan fingerprint density at radius 2 is 2.20 bits per heavy atom. The number of aryl methyl sites for hydroxylation is 1. The van der Waals surface area contributed by atoms with Gasteiger partial charge in [-0.1, -0.05) is 30.5 Å². The van der Waals surface area contributed by atoms with Crippen LogP contribution in [0, 0.1) is 6.92 Å². The van der Waals surface area contributed by atoms with E-state index in [9.17, 15) is 9.59 Å². The third-order valence-corrected chi connectivity index (χ3v) is 3.17. The van der Waals surface area contributed by atoms with Gasteiger partial charge in [-0.05, 0) is 24.6 Å². The van der Waals surface area contributed by atoms with Crippen molar-refractivity contribution >= 4 is 34.4 Å². The monoisotopic (exact) mass is 288 g/mol. The van der Waals surface area contributed by atoms with Crippen molar-refractivity contribution in [3.05, 3.63) is 42.1 Å². The number of azo groups is 1. The molecule has 20 heavy (non-hydrogen) atoms. The number of nitrogens with one attached hydrogen (secondary N) is 1. The second-order valence-electron chi connectivity index (χ2n) is 4.05. The van der Waals surface area contributed by atoms with Gasteiger partial charge < -0.3 is 5.32 Å². The number of benzene rings is 1. The molecule has 0 unspecified atom stereocenters. The summed E-state index contributed by atoms with van der Waals surface area (Å²) >= 11 is 1.05. The molecule has 1 aromatic carbocycles. The molecule has 6 nitrogen and oxygen atoms in total. The number of hydrogen-bond acceptors (Lipinski definition) is 5. The van der Waals surface area contributed by atoms with E-state index in [0.717, 1.165) is 23.0 Å². The fourth-order valence-corrected chi connectivity index (χ4v) is 2.01. The van der Waals surface area contributed by atoms with Crippen molar-refractivity contribution in [2.75, 3.05) is 11.1 Å². The summed E-state index contributed by atoms with van der Waals surface area (Å²) in [6.07, 6.45) is 0. The van der Waals surface area contributed by atoms with E-state index in [1.807, 2.05) is 25.1 Å². The lowest BCUT2D eigenvalue weighted by atomic mass is 10.2. The molecule has 1 N–H and O–H groups in total. The second-order valence-corrected chi connectivity index (χ2v) is 5.00. The van der Waals surface area contributed by atoms with E-state index in [0.29, 0.717) is 0 Å². The third-order valence-electron chi connectivity index (χ3n) is 2.33. The van der Waals surface area contributed by atoms with E-state index < -0.39 is 5.91 Å². The maximum atomic E-state index is 11.8. The van der Waals surface area contributed by atoms with Gasteiger partial charge in [0.25, 0.3) is 5.91 Å². The number of amidine groups is 1. The van der Waals surface area contributed by atoms with E-state index in [1.165, 1.54) is 0 Å². The van der Waals surface area contributed by atoms with Gasteiger partial charge in [0, 0.05) is 5.69 Å². The first-order valence-corrected chi connectivity index (χ1v) is 6.76. The molecule has 0 saturated heterocycles. The summed E-state index contributed by atoms with van der Waals surface area (Å²) in [5.74, 6) is -0.622. The van der Waals surface area contributed by atoms with Crippen molar-refractivity contribution in [1.29, 1.82) is 0 Å². The largest absolute Gasteiger partial charge is 0.325 e. The molecule has 1 aromatic rings. The number of amides is 2. The van der Waals surface area contributed by atoms with E-state index >= 15 is 0 Å². The predicted molar refractivity (Wildman–Crippen MR) is 78.7 cm³/mol. The maximum absolute atomic E-state index is 11.8. The molecule has 1 aliphatic heterocycles. The Kier molecular flexibility index (Phi) is 4.41. The molecule has 0 radical (unpaired) electrons. The SMILES string of the molecule is C=C1N=NC(SCC(=O)Nc2cccc(C)c2)=NC1=O. The number of aliphatic imine (C=N–C) groups is 1. The number of nitrogens with zero attached hydrogens (tertiary/aromatic N) is 3. The van der Waals surface area contributed by atoms with Gasteiger partial charge in [0.1, 0.15) is 5.70 Å². The Morgan fingerprint density at radius 3 is 2.90 bits per heavy atom. The molecule has 0 aliphatic carbocycles. The number of hydrogen-bond donors (Lipinski definition) is 1. The predicted octanol–water partition coefficient (Wildman–Crippen LogP) is 2.53. The number of anilines is 1. The van der Waals surface area contributed by atoms with Gasteiger partial charge in [-0.3, -0.25) is 9.59 Å². The van der Waals surface area contributed by atoms with Crippen LogP contribution in [-0.2, 0) is 9.59 Å². The van der Waals surface area contributed by atoms with Crippen molar-refractivity contribution < 1.29 is 9.59 Å². The smallest absolute Gasteiger partial charge is 0.299 e. The van der Waals surface area contributed by atoms with Crippen LogP contribution in [-0.4, -0.2) is 22.7 Å². The molecule has 0 fully saturated rings. The summed E-state index contributed by atoms with van der Waals surface area (Å²) in [4.78, 5) is 26.6. The first kappa shape index (κ1) is 14.1. The van der Waals surface area contributed by atoms with Gasteiger partial charge in [0.2, 0.25) is 11.1 Å². The zero-order chi connectivity index (χ0) is 14.5. The summed E-state index contributed by atoms with van der Waals surface area (Å²) in [6, 6.07) is 7.48. The first-order chi connectivity index (χ1) is 9.54. The van der Waals surface area contributed by atoms with Crippen LogP contribution in [0.3, 0.4) is 0 Å². The number of thioether (sulfide) groups is 1. The zero-order valence-electron chi connectivity index (χ0n) is 10.8. The van der Waals surface area contributed by atoms with Crippen molar-refractivity contribution in [3.63, 3.8) is 0 Å². The number of carbonyl (C=O) groups is 2. The minimum Gasteiger partial charge on any atom is -0.325 e. The van der Waals surface area contributed by atoms with E-state index in [4.69, 9.17) is 0 Å². The summed E-state index contributed by atoms with van der Waals surface area (Å²) < 4.78 is 0. The van der Waals surface area contributed by atoms with Crippen LogP contribution < -0.4 is 5.32 Å². The summed E-state index contributed by atoms with van der Waals surface area (Å²) in [6.45, 7) is 5.33. The lowest BCUT2D eigenvalue weighted by molar-refractivity contribution is -0.115. The van der Waals surface area contributed by atoms with E-state index in [1.54, 1.807) is 6.07 Å². The fourth-order valence-electron chi connectivity index (χ4n) is 1.43. The molecule has 0 atom stereocenters. The van der Waals surface area contributed by atoms with E-state index in [-0.39, 0.29) is 22.5 Å². The Labute approximate surface area is 120 Å². The van der Waals surface area contributed by atoms with Crippen molar-refractivity contribution in [1.82, 2.24) is 0 Å². The van der Waals surface area contributed by atoms with Gasteiger partial charge >= 0.3 is 0 Å². The van der Waals surface area contributed by atoms with Crippen LogP contribution >= 0.6 is 11.8 Å². The highest BCUT2D eigenvalue weighted by atomic mass is 32.2. The number of carbonyl (C=O) groups excluding carboxylic acids is 2. The minimum absolute atomic E-state index is 0.00133. The molecule has 0 spiro atoms. The normalized spacial score (nSPS) is 14.2. The average Bonchev–Trinajstić information content (AvgIpc) is 2.40. The Hall–Kier alpha value is -2.28. The highest BCUT2D eigenvalue weighted by molar-refractivity contribution is 8.14. The van der Waals surface area contributed by atoms with Crippen molar-refractivity contribution in [3.8, 4) is 0 Å². The summed E-state index contributed by atoms with van der Waals surface area (Å²) in [5.41, 5.74) is 1.79. The Bertz CT molecular complexity index is 637. The lowest BCUT2D eigenvalue weighted by Gasteiger charge is -2.06. The molecular weight excluding hydrogens is 276 g/mol. The quantitative estimate of drug-likeness (QED) is 0.867. The van der Waals surface area contributed by atoms with Gasteiger partial charge in [-0.2, -0.15) is 4.99 Å². The van der Waals surface area contributed by atoms with Crippen LogP contribution in [0.25, 0.3) is 0 Å². The first-order valence-electron chi connectivity index (χ1n) is 5.77. The van der Waals surface area contributed by atoms with Crippen LogP contribution in [0.4, 0.5) is 5.69 Å². The topological polar surface area (TPSA) is 83.2 Å². The molecule has 102 valence electrons. The third kappa shape index (κ3) is 3.86. The maximum Gasteiger partial charge on any atom is 0.299 e. The van der Waals surface area contributed by atoms with Crippen LogP contribution in [0.15, 0.2) is 51.8 Å². The minimum atomic E-state index is -0.526.